The lowest BCUT2D eigenvalue weighted by Gasteiger charge is -2.49. The molecule has 2 aromatic rings. The first kappa shape index (κ1) is 18.9. The van der Waals surface area contributed by atoms with Crippen molar-refractivity contribution in [3.05, 3.63) is 64.2 Å². The molecule has 2 aromatic carbocycles. The van der Waals surface area contributed by atoms with Gasteiger partial charge in [-0.2, -0.15) is 10.2 Å². The van der Waals surface area contributed by atoms with Gasteiger partial charge in [-0.3, -0.25) is 0 Å². The van der Waals surface area contributed by atoms with Gasteiger partial charge >= 0.3 is 0 Å². The lowest BCUT2D eigenvalue weighted by atomic mass is 9.55. The molecule has 3 aliphatic carbocycles. The molecule has 1 N–H and O–H groups in total. The van der Waals surface area contributed by atoms with Crippen LogP contribution in [0.3, 0.4) is 0 Å². The third-order valence-electron chi connectivity index (χ3n) is 7.71. The van der Waals surface area contributed by atoms with Gasteiger partial charge in [-0.05, 0) is 97.2 Å². The highest BCUT2D eigenvalue weighted by molar-refractivity contribution is 6.30. The summed E-state index contributed by atoms with van der Waals surface area (Å²) in [6, 6.07) is 13.7. The molecule has 3 nitrogen and oxygen atoms in total. The van der Waals surface area contributed by atoms with Crippen molar-refractivity contribution in [3.63, 3.8) is 0 Å². The second-order valence-electron chi connectivity index (χ2n) is 9.14. The maximum absolute atomic E-state index is 9.85. The molecular formula is C25H27ClN2O. The van der Waals surface area contributed by atoms with Crippen molar-refractivity contribution in [1.29, 1.82) is 0 Å². The van der Waals surface area contributed by atoms with E-state index in [-0.39, 0.29) is 5.41 Å². The molecule has 0 aromatic heterocycles. The molecule has 0 amide bonds. The zero-order chi connectivity index (χ0) is 20.0. The van der Waals surface area contributed by atoms with Gasteiger partial charge in [0.05, 0.1) is 6.21 Å². The molecule has 2 fully saturated rings. The van der Waals surface area contributed by atoms with Gasteiger partial charge in [0.2, 0.25) is 0 Å². The second-order valence-corrected chi connectivity index (χ2v) is 9.57. The quantitative estimate of drug-likeness (QED) is 0.456. The molecule has 4 heteroatoms. The largest absolute Gasteiger partial charge is 0.508 e. The second kappa shape index (κ2) is 7.28. The Morgan fingerprint density at radius 1 is 1.07 bits per heavy atom. The van der Waals surface area contributed by atoms with Gasteiger partial charge in [0.1, 0.15) is 5.75 Å². The highest BCUT2D eigenvalue weighted by Crippen LogP contribution is 2.60. The van der Waals surface area contributed by atoms with E-state index in [1.54, 1.807) is 0 Å². The predicted octanol–water partition coefficient (Wildman–Crippen LogP) is 6.38. The van der Waals surface area contributed by atoms with Crippen molar-refractivity contribution in [2.75, 3.05) is 0 Å². The highest BCUT2D eigenvalue weighted by Gasteiger charge is 2.53. The maximum Gasteiger partial charge on any atom is 0.115 e. The van der Waals surface area contributed by atoms with Gasteiger partial charge in [0.15, 0.2) is 0 Å². The van der Waals surface area contributed by atoms with Crippen LogP contribution in [0, 0.1) is 17.3 Å². The Bertz CT molecular complexity index is 981. The van der Waals surface area contributed by atoms with Gasteiger partial charge in [-0.15, -0.1) is 0 Å². The van der Waals surface area contributed by atoms with Crippen LogP contribution in [0.1, 0.15) is 61.6 Å². The maximum atomic E-state index is 9.85. The minimum absolute atomic E-state index is 0.174. The number of aromatic hydroxyl groups is 1. The topological polar surface area (TPSA) is 45.0 Å². The van der Waals surface area contributed by atoms with Crippen LogP contribution in [0.15, 0.2) is 52.7 Å². The van der Waals surface area contributed by atoms with Crippen LogP contribution in [0.4, 0.5) is 0 Å². The Morgan fingerprint density at radius 2 is 1.90 bits per heavy atom. The number of phenols is 1. The van der Waals surface area contributed by atoms with Gasteiger partial charge in [0.25, 0.3) is 0 Å². The van der Waals surface area contributed by atoms with Crippen LogP contribution in [0.25, 0.3) is 0 Å². The molecule has 0 bridgehead atoms. The van der Waals surface area contributed by atoms with Crippen LogP contribution < -0.4 is 0 Å². The molecule has 0 aliphatic heterocycles. The standard InChI is InChI=1S/C25H27ClN2O/c1-25-13-12-21-20-9-7-19(29)14-17(20)4-8-22(21)23(25)10-11-24(25)28-27-15-16-2-5-18(26)6-3-16/h2-3,5-7,9,14-15,21-23,29H,4,8,10-13H2,1H3/b27-15-,28-24-/t21-,22-,23-,25+/m1/s1. The minimum Gasteiger partial charge on any atom is -0.508 e. The molecule has 5 rings (SSSR count). The van der Waals surface area contributed by atoms with E-state index >= 15 is 0 Å². The van der Waals surface area contributed by atoms with Crippen LogP contribution in [-0.4, -0.2) is 17.0 Å². The molecule has 0 heterocycles. The fraction of sp³-hybridized carbons (Fsp3) is 0.440. The molecule has 0 saturated heterocycles. The lowest BCUT2D eigenvalue weighted by Crippen LogP contribution is -2.42. The van der Waals surface area contributed by atoms with Crippen molar-refractivity contribution in [2.45, 2.75) is 51.4 Å². The van der Waals surface area contributed by atoms with Gasteiger partial charge in [0, 0.05) is 16.1 Å². The number of phenolic OH excluding ortho intramolecular Hbond substituents is 1. The Kier molecular flexibility index (Phi) is 4.74. The molecule has 150 valence electrons. The SMILES string of the molecule is C[C@]12CC[C@@H]3c4ccc(O)cc4CC[C@H]3[C@H]1CC/C2=N/N=C\c1ccc(Cl)cc1. The number of fused-ring (bicyclic) bond motifs is 5. The summed E-state index contributed by atoms with van der Waals surface area (Å²) >= 11 is 5.95. The smallest absolute Gasteiger partial charge is 0.115 e. The summed E-state index contributed by atoms with van der Waals surface area (Å²) in [5, 5.41) is 19.7. The third kappa shape index (κ3) is 3.30. The van der Waals surface area contributed by atoms with Crippen molar-refractivity contribution in [1.82, 2.24) is 0 Å². The van der Waals surface area contributed by atoms with Gasteiger partial charge in [-0.25, -0.2) is 0 Å². The summed E-state index contributed by atoms with van der Waals surface area (Å²) < 4.78 is 0. The van der Waals surface area contributed by atoms with E-state index in [1.807, 2.05) is 42.6 Å². The number of benzene rings is 2. The number of rotatable bonds is 2. The van der Waals surface area contributed by atoms with Crippen LogP contribution in [0.5, 0.6) is 5.75 Å². The average Bonchev–Trinajstić information content (AvgIpc) is 3.05. The molecule has 3 aliphatic rings. The van der Waals surface area contributed by atoms with E-state index in [9.17, 15) is 5.11 Å². The zero-order valence-electron chi connectivity index (χ0n) is 16.8. The Hall–Kier alpha value is -2.13. The molecule has 0 radical (unpaired) electrons. The molecule has 2 saturated carbocycles. The molecule has 0 unspecified atom stereocenters. The summed E-state index contributed by atoms with van der Waals surface area (Å²) in [6.07, 6.45) is 8.80. The zero-order valence-corrected chi connectivity index (χ0v) is 17.6. The number of hydrogen-bond donors (Lipinski definition) is 1. The molecule has 4 atom stereocenters. The predicted molar refractivity (Wildman–Crippen MR) is 119 cm³/mol. The first-order chi connectivity index (χ1) is 14.0. The third-order valence-corrected chi connectivity index (χ3v) is 7.96. The Morgan fingerprint density at radius 3 is 2.72 bits per heavy atom. The van der Waals surface area contributed by atoms with Crippen molar-refractivity contribution < 1.29 is 5.11 Å². The van der Waals surface area contributed by atoms with E-state index < -0.39 is 0 Å². The molecule has 0 spiro atoms. The summed E-state index contributed by atoms with van der Waals surface area (Å²) in [7, 11) is 0. The van der Waals surface area contributed by atoms with Crippen molar-refractivity contribution in [2.24, 2.45) is 27.5 Å². The highest BCUT2D eigenvalue weighted by atomic mass is 35.5. The summed E-state index contributed by atoms with van der Waals surface area (Å²) in [6.45, 7) is 2.42. The first-order valence-corrected chi connectivity index (χ1v) is 11.1. The lowest BCUT2D eigenvalue weighted by molar-refractivity contribution is 0.0955. The molecule has 29 heavy (non-hydrogen) atoms. The van der Waals surface area contributed by atoms with E-state index in [0.717, 1.165) is 29.3 Å². The molecular weight excluding hydrogens is 380 g/mol. The summed E-state index contributed by atoms with van der Waals surface area (Å²) in [5.41, 5.74) is 5.31. The number of hydrogen-bond acceptors (Lipinski definition) is 3. The van der Waals surface area contributed by atoms with Crippen LogP contribution >= 0.6 is 11.6 Å². The van der Waals surface area contributed by atoms with E-state index in [2.05, 4.69) is 18.1 Å². The van der Waals surface area contributed by atoms with Crippen molar-refractivity contribution >= 4 is 23.5 Å². The van der Waals surface area contributed by atoms with Crippen LogP contribution in [-0.2, 0) is 6.42 Å². The summed E-state index contributed by atoms with van der Waals surface area (Å²) in [5.74, 6) is 2.44. The fourth-order valence-corrected chi connectivity index (χ4v) is 6.36. The summed E-state index contributed by atoms with van der Waals surface area (Å²) in [4.78, 5) is 0. The van der Waals surface area contributed by atoms with E-state index in [1.165, 1.54) is 42.5 Å². The Balaban J connectivity index is 1.37. The number of nitrogens with zero attached hydrogens (tertiary/aromatic N) is 2. The van der Waals surface area contributed by atoms with Crippen molar-refractivity contribution in [3.8, 4) is 5.75 Å². The normalized spacial score (nSPS) is 32.2. The fourth-order valence-electron chi connectivity index (χ4n) is 6.24. The van der Waals surface area contributed by atoms with Gasteiger partial charge < -0.3 is 5.11 Å². The van der Waals surface area contributed by atoms with Gasteiger partial charge in [-0.1, -0.05) is 36.7 Å². The van der Waals surface area contributed by atoms with Crippen LogP contribution in [0.2, 0.25) is 5.02 Å². The first-order valence-electron chi connectivity index (χ1n) is 10.7. The number of aryl methyl sites for hydroxylation is 1. The minimum atomic E-state index is 0.174. The average molecular weight is 407 g/mol. The monoisotopic (exact) mass is 406 g/mol. The number of halogens is 1. The van der Waals surface area contributed by atoms with E-state index in [4.69, 9.17) is 16.7 Å². The van der Waals surface area contributed by atoms with E-state index in [0.29, 0.717) is 17.6 Å². The Labute approximate surface area is 177 Å².